The van der Waals surface area contributed by atoms with Crippen LogP contribution in [0.4, 0.5) is 0 Å². The van der Waals surface area contributed by atoms with Crippen molar-refractivity contribution in [3.63, 3.8) is 0 Å². The molecule has 0 aromatic carbocycles. The van der Waals surface area contributed by atoms with E-state index in [0.29, 0.717) is 44.9 Å². The van der Waals surface area contributed by atoms with Gasteiger partial charge in [-0.3, -0.25) is 24.2 Å². The lowest BCUT2D eigenvalue weighted by Crippen LogP contribution is -2.50. The molecule has 2 aliphatic rings. The summed E-state index contributed by atoms with van der Waals surface area (Å²) < 4.78 is 0. The molecule has 0 aromatic rings. The number of hydrogen-bond acceptors (Lipinski definition) is 6. The van der Waals surface area contributed by atoms with Gasteiger partial charge in [-0.1, -0.05) is 0 Å². The molecule has 2 fully saturated rings. The van der Waals surface area contributed by atoms with Gasteiger partial charge in [0.25, 0.3) is 0 Å². The van der Waals surface area contributed by atoms with Crippen molar-refractivity contribution >= 4 is 17.8 Å². The lowest BCUT2D eigenvalue weighted by molar-refractivity contribution is -0.137. The molecular formula is C20H37N5O4. The Balaban J connectivity index is 1.55. The molecule has 0 bridgehead atoms. The van der Waals surface area contributed by atoms with Gasteiger partial charge in [0.2, 0.25) is 11.8 Å². The molecule has 2 amide bonds. The first-order chi connectivity index (χ1) is 13.9. The molecule has 0 radical (unpaired) electrons. The van der Waals surface area contributed by atoms with Gasteiger partial charge >= 0.3 is 5.97 Å². The zero-order valence-electron chi connectivity index (χ0n) is 17.7. The third kappa shape index (κ3) is 9.56. The molecule has 2 aliphatic heterocycles. The highest BCUT2D eigenvalue weighted by Gasteiger charge is 2.28. The van der Waals surface area contributed by atoms with Crippen molar-refractivity contribution in [1.29, 1.82) is 0 Å². The second-order valence-corrected chi connectivity index (χ2v) is 8.17. The number of nitrogens with one attached hydrogen (secondary N) is 2. The number of likely N-dealkylation sites (N-methyl/N-ethyl adjacent to an activating group) is 1. The van der Waals surface area contributed by atoms with Gasteiger partial charge in [0.15, 0.2) is 0 Å². The largest absolute Gasteiger partial charge is 0.481 e. The number of piperazine rings is 1. The van der Waals surface area contributed by atoms with Crippen molar-refractivity contribution in [2.24, 2.45) is 0 Å². The number of nitrogens with zero attached hydrogens (tertiary/aromatic N) is 3. The molecule has 166 valence electrons. The van der Waals surface area contributed by atoms with Crippen molar-refractivity contribution in [2.45, 2.75) is 44.6 Å². The molecule has 9 nitrogen and oxygen atoms in total. The summed E-state index contributed by atoms with van der Waals surface area (Å²) in [7, 11) is 2.16. The molecule has 9 heteroatoms. The van der Waals surface area contributed by atoms with Gasteiger partial charge in [0.05, 0.1) is 6.54 Å². The van der Waals surface area contributed by atoms with Crippen LogP contribution in [0.15, 0.2) is 0 Å². The van der Waals surface area contributed by atoms with Crippen molar-refractivity contribution in [1.82, 2.24) is 25.3 Å². The lowest BCUT2D eigenvalue weighted by atomic mass is 10.3. The highest BCUT2D eigenvalue weighted by molar-refractivity contribution is 5.78. The van der Waals surface area contributed by atoms with E-state index in [1.165, 1.54) is 0 Å². The number of carboxylic acid groups (broad SMARTS) is 1. The monoisotopic (exact) mass is 422 g/mol. The van der Waals surface area contributed by atoms with E-state index in [0.717, 1.165) is 52.1 Å². The van der Waals surface area contributed by atoms with E-state index in [-0.39, 0.29) is 18.2 Å². The SMILES string of the molecule is CN1CCN([13CH2][13CH]2[13CH2][13CH2][13CH2]N2[13CH2][13C](=O)[15NH]CCCC(=O)[15NH]CCCC(=O)O)[13CH2][13CH2]1. The third-order valence-corrected chi connectivity index (χ3v) is 5.70. The summed E-state index contributed by atoms with van der Waals surface area (Å²) in [4.78, 5) is 41.5. The number of aliphatic carboxylic acids is 1. The fraction of sp³-hybridized carbons (Fsp3) is 0.850. The number of carboxylic acids is 1. The normalized spacial score (nSPS) is 21.2. The molecule has 0 saturated carbocycles. The summed E-state index contributed by atoms with van der Waals surface area (Å²) in [6, 6.07) is 0.459. The van der Waals surface area contributed by atoms with Gasteiger partial charge in [-0.25, -0.2) is 0 Å². The quantitative estimate of drug-likeness (QED) is 0.223. The van der Waals surface area contributed by atoms with Crippen LogP contribution in [0.25, 0.3) is 0 Å². The lowest BCUT2D eigenvalue weighted by Gasteiger charge is -2.36. The summed E-state index contributed by atoms with van der Waals surface area (Å²) in [5.74, 6) is -0.931. The molecule has 0 aliphatic carbocycles. The van der Waals surface area contributed by atoms with Crippen molar-refractivity contribution in [2.75, 3.05) is 66.0 Å². The van der Waals surface area contributed by atoms with Gasteiger partial charge in [-0.15, -0.1) is 0 Å². The third-order valence-electron chi connectivity index (χ3n) is 5.70. The fourth-order valence-corrected chi connectivity index (χ4v) is 3.91. The van der Waals surface area contributed by atoms with Crippen LogP contribution in [-0.4, -0.2) is 110 Å². The minimum atomic E-state index is -0.856. The van der Waals surface area contributed by atoms with E-state index in [2.05, 4.69) is 32.4 Å². The van der Waals surface area contributed by atoms with Crippen LogP contribution in [0.1, 0.15) is 38.5 Å². The minimum Gasteiger partial charge on any atom is -0.481 e. The maximum atomic E-state index is 12.3. The Morgan fingerprint density at radius 1 is 0.931 bits per heavy atom. The first-order valence-corrected chi connectivity index (χ1v) is 10.8. The standard InChI is InChI=1S/C20H37N5O4/c1-23-11-13-24(14-12-23)15-17-5-4-10-25(17)16-19(27)22-8-2-6-18(26)21-9-3-7-20(28)29/h17H,2-16H2,1H3,(H,21,26)(H,22,27)(H,28,29)/i4+1,5+1,10+1,11+1,13+1,15+1,16+1,17+1,19+1,21+1,22+1. The smallest absolute Gasteiger partial charge is 0.303 e. The van der Waals surface area contributed by atoms with Crippen LogP contribution >= 0.6 is 0 Å². The first-order valence-electron chi connectivity index (χ1n) is 10.8. The van der Waals surface area contributed by atoms with E-state index in [9.17, 15) is 14.4 Å². The average molecular weight is 422 g/mol. The van der Waals surface area contributed by atoms with Crippen molar-refractivity contribution in [3.05, 3.63) is 0 Å². The molecule has 29 heavy (non-hydrogen) atoms. The van der Waals surface area contributed by atoms with Crippen LogP contribution in [0.2, 0.25) is 0 Å². The highest BCUT2D eigenvalue weighted by Crippen LogP contribution is 2.18. The maximum absolute atomic E-state index is 12.3. The number of hydrogen-bond donors (Lipinski definition) is 3. The molecule has 0 aromatic heterocycles. The fourth-order valence-electron chi connectivity index (χ4n) is 3.91. The van der Waals surface area contributed by atoms with Gasteiger partial charge in [-0.05, 0) is 39.3 Å². The van der Waals surface area contributed by atoms with E-state index in [1.54, 1.807) is 0 Å². The van der Waals surface area contributed by atoms with Crippen molar-refractivity contribution in [3.8, 4) is 0 Å². The summed E-state index contributed by atoms with van der Waals surface area (Å²) in [5, 5.41) is 14.2. The predicted octanol–water partition coefficient (Wildman–Crippen LogP) is -0.424. The maximum Gasteiger partial charge on any atom is 0.303 e. The zero-order valence-corrected chi connectivity index (χ0v) is 17.7. The Morgan fingerprint density at radius 3 is 2.28 bits per heavy atom. The second kappa shape index (κ2) is 12.8. The minimum absolute atomic E-state index is 0.0251. The summed E-state index contributed by atoms with van der Waals surface area (Å²) in [5.41, 5.74) is 0. The summed E-state index contributed by atoms with van der Waals surface area (Å²) in [6.45, 7) is 7.74. The summed E-state index contributed by atoms with van der Waals surface area (Å²) >= 11 is 0. The Kier molecular flexibility index (Phi) is 10.4. The van der Waals surface area contributed by atoms with Gasteiger partial charge in [0.1, 0.15) is 0 Å². The molecular weight excluding hydrogens is 385 g/mol. The Morgan fingerprint density at radius 2 is 1.59 bits per heavy atom. The van der Waals surface area contributed by atoms with Gasteiger partial charge in [-0.2, -0.15) is 0 Å². The first kappa shape index (κ1) is 23.6. The zero-order chi connectivity index (χ0) is 21.1. The van der Waals surface area contributed by atoms with Crippen molar-refractivity contribution < 1.29 is 19.5 Å². The van der Waals surface area contributed by atoms with Gasteiger partial charge in [0, 0.05) is 64.7 Å². The molecule has 1 atom stereocenters. The van der Waals surface area contributed by atoms with E-state index in [4.69, 9.17) is 5.11 Å². The predicted molar refractivity (Wildman–Crippen MR) is 111 cm³/mol. The molecule has 3 N–H and O–H groups in total. The van der Waals surface area contributed by atoms with Gasteiger partial charge < -0.3 is 20.6 Å². The molecule has 2 rings (SSSR count). The Hall–Kier alpha value is -1.71. The Labute approximate surface area is 173 Å². The highest BCUT2D eigenvalue weighted by atomic mass is 16.4. The van der Waals surface area contributed by atoms with Crippen LogP contribution < -0.4 is 10.6 Å². The molecule has 2 saturated heterocycles. The molecule has 1 unspecified atom stereocenters. The van der Waals surface area contributed by atoms with E-state index in [1.807, 2.05) is 0 Å². The number of amides is 2. The average Bonchev–Trinajstić information content (AvgIpc) is 3.10. The number of likely N-dealkylation sites (tertiary alicyclic amines) is 1. The topological polar surface area (TPSA) is 105 Å². The summed E-state index contributed by atoms with van der Waals surface area (Å²) in [6.07, 6.45) is 3.71. The second-order valence-electron chi connectivity index (χ2n) is 8.17. The number of carbonyl (C=O) groups is 3. The van der Waals surface area contributed by atoms with Crippen LogP contribution in [0.5, 0.6) is 0 Å². The Bertz CT molecular complexity index is 537. The van der Waals surface area contributed by atoms with Crippen LogP contribution in [-0.2, 0) is 14.4 Å². The molecule has 0 spiro atoms. The van der Waals surface area contributed by atoms with E-state index < -0.39 is 5.97 Å². The van der Waals surface area contributed by atoms with Crippen LogP contribution in [0.3, 0.4) is 0 Å². The molecule has 2 heterocycles. The van der Waals surface area contributed by atoms with E-state index >= 15 is 0 Å². The number of carbonyl (C=O) groups excluding carboxylic acids is 2. The van der Waals surface area contributed by atoms with Crippen LogP contribution in [0, 0.1) is 0 Å². The number of rotatable bonds is 12.